The summed E-state index contributed by atoms with van der Waals surface area (Å²) >= 11 is 5.97. The quantitative estimate of drug-likeness (QED) is 0.805. The summed E-state index contributed by atoms with van der Waals surface area (Å²) in [6.07, 6.45) is 5.02. The number of anilines is 1. The molecule has 6 nitrogen and oxygen atoms in total. The first kappa shape index (κ1) is 14.6. The molecule has 0 fully saturated rings. The predicted molar refractivity (Wildman–Crippen MR) is 88.9 cm³/mol. The number of aromatic nitrogens is 3. The lowest BCUT2D eigenvalue weighted by Crippen LogP contribution is -2.08. The lowest BCUT2D eigenvalue weighted by molar-refractivity contribution is 0.455. The average molecular weight is 318 g/mol. The third-order valence-electron chi connectivity index (χ3n) is 3.16. The summed E-state index contributed by atoms with van der Waals surface area (Å²) in [6, 6.07) is 1.80. The summed E-state index contributed by atoms with van der Waals surface area (Å²) in [7, 11) is 0. The number of nitrogens with zero attached hydrogens (tertiary/aromatic N) is 3. The highest BCUT2D eigenvalue weighted by atomic mass is 35.5. The molecule has 3 N–H and O–H groups in total. The van der Waals surface area contributed by atoms with Crippen LogP contribution in [0.3, 0.4) is 0 Å². The molecule has 0 aromatic carbocycles. The van der Waals surface area contributed by atoms with Gasteiger partial charge in [0.15, 0.2) is 5.82 Å². The van der Waals surface area contributed by atoms with Gasteiger partial charge in [-0.2, -0.15) is 4.98 Å². The van der Waals surface area contributed by atoms with Gasteiger partial charge in [-0.05, 0) is 18.1 Å². The van der Waals surface area contributed by atoms with E-state index in [4.69, 9.17) is 11.6 Å². The molecule has 7 heteroatoms. The molecule has 3 heterocycles. The first-order valence-electron chi connectivity index (χ1n) is 6.97. The number of halogens is 1. The van der Waals surface area contributed by atoms with Crippen molar-refractivity contribution >= 4 is 41.2 Å². The number of aromatic amines is 1. The molecule has 0 spiro atoms. The van der Waals surface area contributed by atoms with Crippen molar-refractivity contribution in [2.24, 2.45) is 10.9 Å². The molecule has 0 saturated heterocycles. The Morgan fingerprint density at radius 3 is 3.05 bits per heavy atom. The number of aromatic hydroxyl groups is 1. The second-order valence-corrected chi connectivity index (χ2v) is 5.92. The molecule has 1 aliphatic heterocycles. The van der Waals surface area contributed by atoms with Crippen molar-refractivity contribution < 1.29 is 5.11 Å². The van der Waals surface area contributed by atoms with E-state index in [9.17, 15) is 5.11 Å². The van der Waals surface area contributed by atoms with Gasteiger partial charge in [0, 0.05) is 30.1 Å². The summed E-state index contributed by atoms with van der Waals surface area (Å²) in [5, 5.41) is 13.6. The van der Waals surface area contributed by atoms with Gasteiger partial charge in [-0.1, -0.05) is 25.4 Å². The number of fused-ring (bicyclic) bond motifs is 1. The van der Waals surface area contributed by atoms with Crippen LogP contribution in [-0.2, 0) is 0 Å². The van der Waals surface area contributed by atoms with Crippen LogP contribution in [0.1, 0.15) is 25.1 Å². The van der Waals surface area contributed by atoms with Gasteiger partial charge < -0.3 is 15.4 Å². The molecule has 2 aromatic rings. The highest BCUT2D eigenvalue weighted by Gasteiger charge is 2.16. The lowest BCUT2D eigenvalue weighted by Gasteiger charge is -2.04. The third kappa shape index (κ3) is 2.96. The van der Waals surface area contributed by atoms with Gasteiger partial charge >= 0.3 is 0 Å². The summed E-state index contributed by atoms with van der Waals surface area (Å²) in [6.45, 7) is 4.97. The monoisotopic (exact) mass is 317 g/mol. The van der Waals surface area contributed by atoms with Crippen LogP contribution in [0.2, 0.25) is 5.02 Å². The van der Waals surface area contributed by atoms with Crippen LogP contribution >= 0.6 is 11.6 Å². The van der Waals surface area contributed by atoms with Crippen molar-refractivity contribution in [2.75, 3.05) is 11.9 Å². The van der Waals surface area contributed by atoms with E-state index in [-0.39, 0.29) is 5.88 Å². The van der Waals surface area contributed by atoms with Gasteiger partial charge in [-0.15, -0.1) is 0 Å². The van der Waals surface area contributed by atoms with Crippen molar-refractivity contribution in [3.05, 3.63) is 28.5 Å². The normalized spacial score (nSPS) is 14.8. The van der Waals surface area contributed by atoms with Crippen LogP contribution in [0, 0.1) is 5.92 Å². The second-order valence-electron chi connectivity index (χ2n) is 5.48. The van der Waals surface area contributed by atoms with Gasteiger partial charge in [0.25, 0.3) is 0 Å². The minimum atomic E-state index is -0.0596. The molecule has 22 heavy (non-hydrogen) atoms. The molecule has 3 rings (SSSR count). The summed E-state index contributed by atoms with van der Waals surface area (Å²) in [4.78, 5) is 15.5. The molecule has 0 radical (unpaired) electrons. The minimum Gasteiger partial charge on any atom is -0.492 e. The number of rotatable bonds is 4. The van der Waals surface area contributed by atoms with E-state index in [0.29, 0.717) is 28.4 Å². The number of hydrogen-bond donors (Lipinski definition) is 3. The number of imidazole rings is 1. The number of hydrogen-bond acceptors (Lipinski definition) is 5. The van der Waals surface area contributed by atoms with Gasteiger partial charge in [0.05, 0.1) is 5.02 Å². The van der Waals surface area contributed by atoms with Crippen LogP contribution in [0.5, 0.6) is 5.88 Å². The zero-order chi connectivity index (χ0) is 15.7. The molecule has 0 unspecified atom stereocenters. The van der Waals surface area contributed by atoms with E-state index >= 15 is 0 Å². The predicted octanol–water partition coefficient (Wildman–Crippen LogP) is 3.49. The van der Waals surface area contributed by atoms with E-state index in [1.54, 1.807) is 24.6 Å². The van der Waals surface area contributed by atoms with Gasteiger partial charge in [-0.25, -0.2) is 9.98 Å². The first-order valence-corrected chi connectivity index (χ1v) is 7.35. The number of H-pyrrole nitrogens is 1. The van der Waals surface area contributed by atoms with Gasteiger partial charge in [0.2, 0.25) is 11.8 Å². The number of aliphatic imine (C=N–C) groups is 1. The van der Waals surface area contributed by atoms with Gasteiger partial charge in [-0.3, -0.25) is 0 Å². The lowest BCUT2D eigenvalue weighted by atomic mass is 10.1. The van der Waals surface area contributed by atoms with Crippen molar-refractivity contribution in [1.29, 1.82) is 0 Å². The van der Waals surface area contributed by atoms with Crippen LogP contribution in [0.25, 0.3) is 11.6 Å². The molecule has 0 amide bonds. The van der Waals surface area contributed by atoms with Crippen molar-refractivity contribution in [3.8, 4) is 5.88 Å². The Balaban J connectivity index is 1.88. The molecule has 1 aliphatic rings. The summed E-state index contributed by atoms with van der Waals surface area (Å²) < 4.78 is 0. The Morgan fingerprint density at radius 1 is 1.45 bits per heavy atom. The molecule has 0 saturated carbocycles. The Bertz CT molecular complexity index is 763. The largest absolute Gasteiger partial charge is 0.492 e. The van der Waals surface area contributed by atoms with Crippen LogP contribution < -0.4 is 5.32 Å². The van der Waals surface area contributed by atoms with E-state index in [1.165, 1.54) is 0 Å². The molecule has 0 bridgehead atoms. The topological polar surface area (TPSA) is 86.2 Å². The Hall–Kier alpha value is -2.34. The van der Waals surface area contributed by atoms with Crippen LogP contribution in [0.15, 0.2) is 17.3 Å². The maximum absolute atomic E-state index is 9.95. The average Bonchev–Trinajstić information content (AvgIpc) is 3.02. The van der Waals surface area contributed by atoms with E-state index in [1.807, 2.05) is 0 Å². The highest BCUT2D eigenvalue weighted by molar-refractivity contribution is 6.31. The maximum Gasteiger partial charge on any atom is 0.238 e. The van der Waals surface area contributed by atoms with Crippen molar-refractivity contribution in [1.82, 2.24) is 15.0 Å². The SMILES string of the molecule is CC(C)CNc1nc(O)c(C=C2C=Nc3ncc(Cl)cc32)[nH]1. The zero-order valence-corrected chi connectivity index (χ0v) is 13.0. The fourth-order valence-corrected chi connectivity index (χ4v) is 2.24. The Kier molecular flexibility index (Phi) is 3.85. The van der Waals surface area contributed by atoms with E-state index < -0.39 is 0 Å². The fourth-order valence-electron chi connectivity index (χ4n) is 2.08. The molecule has 0 atom stereocenters. The zero-order valence-electron chi connectivity index (χ0n) is 12.3. The smallest absolute Gasteiger partial charge is 0.238 e. The van der Waals surface area contributed by atoms with Crippen LogP contribution in [0.4, 0.5) is 11.8 Å². The van der Waals surface area contributed by atoms with Crippen molar-refractivity contribution in [2.45, 2.75) is 13.8 Å². The summed E-state index contributed by atoms with van der Waals surface area (Å²) in [5.74, 6) is 1.58. The number of allylic oxidation sites excluding steroid dienone is 1. The standard InChI is InChI=1S/C15H16ClN5O/c1-8(2)5-19-15-20-12(14(22)21-15)3-9-6-17-13-11(9)4-10(16)7-18-13/h3-4,6-8,22H,5H2,1-2H3,(H2,19,20,21). The first-order chi connectivity index (χ1) is 10.5. The summed E-state index contributed by atoms with van der Waals surface area (Å²) in [5.41, 5.74) is 2.16. The second kappa shape index (κ2) is 5.81. The van der Waals surface area contributed by atoms with Crippen molar-refractivity contribution in [3.63, 3.8) is 0 Å². The molecule has 0 aliphatic carbocycles. The minimum absolute atomic E-state index is 0.0596. The van der Waals surface area contributed by atoms with E-state index in [2.05, 4.69) is 39.1 Å². The maximum atomic E-state index is 9.95. The third-order valence-corrected chi connectivity index (χ3v) is 3.37. The molecular formula is C15H16ClN5O. The van der Waals surface area contributed by atoms with Crippen LogP contribution in [-0.4, -0.2) is 32.8 Å². The number of pyridine rings is 1. The number of nitrogens with one attached hydrogen (secondary N) is 2. The highest BCUT2D eigenvalue weighted by Crippen LogP contribution is 2.33. The fraction of sp³-hybridized carbons (Fsp3) is 0.267. The molecule has 2 aromatic heterocycles. The molecule has 114 valence electrons. The van der Waals surface area contributed by atoms with Gasteiger partial charge in [0.1, 0.15) is 5.69 Å². The Labute approximate surface area is 133 Å². The Morgan fingerprint density at radius 2 is 2.27 bits per heavy atom. The van der Waals surface area contributed by atoms with E-state index in [0.717, 1.165) is 17.7 Å². The molecular weight excluding hydrogens is 302 g/mol.